The van der Waals surface area contributed by atoms with Crippen LogP contribution in [0.2, 0.25) is 0 Å². The highest BCUT2D eigenvalue weighted by Crippen LogP contribution is 2.29. The van der Waals surface area contributed by atoms with Crippen molar-refractivity contribution in [1.29, 1.82) is 5.26 Å². The first-order valence-corrected chi connectivity index (χ1v) is 8.11. The number of imidazole rings is 1. The lowest BCUT2D eigenvalue weighted by Gasteiger charge is -2.16. The van der Waals surface area contributed by atoms with Crippen molar-refractivity contribution in [3.8, 4) is 6.07 Å². The zero-order valence-corrected chi connectivity index (χ0v) is 13.7. The van der Waals surface area contributed by atoms with Gasteiger partial charge in [-0.25, -0.2) is 4.98 Å². The van der Waals surface area contributed by atoms with E-state index in [2.05, 4.69) is 43.5 Å². The van der Waals surface area contributed by atoms with Gasteiger partial charge in [-0.15, -0.1) is 0 Å². The summed E-state index contributed by atoms with van der Waals surface area (Å²) < 4.78 is 0. The fourth-order valence-electron chi connectivity index (χ4n) is 3.24. The number of carbonyl (C=O) groups excluding carboxylic acids is 1. The third kappa shape index (κ3) is 2.86. The third-order valence-electron chi connectivity index (χ3n) is 4.55. The molecule has 1 atom stereocenters. The molecule has 8 heteroatoms. The highest BCUT2D eigenvalue weighted by atomic mass is 16.2. The number of anilines is 1. The van der Waals surface area contributed by atoms with Crippen LogP contribution in [0, 0.1) is 11.3 Å². The third-order valence-corrected chi connectivity index (χ3v) is 4.55. The number of hydrogen-bond donors (Lipinski definition) is 3. The fourth-order valence-corrected chi connectivity index (χ4v) is 3.24. The number of fused-ring (bicyclic) bond motifs is 1. The van der Waals surface area contributed by atoms with Gasteiger partial charge in [-0.3, -0.25) is 20.1 Å². The zero-order chi connectivity index (χ0) is 17.4. The Labute approximate surface area is 143 Å². The van der Waals surface area contributed by atoms with E-state index in [1.54, 1.807) is 24.3 Å². The lowest BCUT2D eigenvalue weighted by atomic mass is 10.1. The van der Waals surface area contributed by atoms with Crippen LogP contribution in [0.15, 0.2) is 24.3 Å². The Morgan fingerprint density at radius 3 is 3.08 bits per heavy atom. The predicted octanol–water partition coefficient (Wildman–Crippen LogP) is 2.18. The first kappa shape index (κ1) is 15.4. The summed E-state index contributed by atoms with van der Waals surface area (Å²) in [4.78, 5) is 22.0. The second-order valence-electron chi connectivity index (χ2n) is 6.23. The number of nitriles is 1. The number of nitrogens with one attached hydrogen (secondary N) is 3. The molecule has 1 saturated heterocycles. The summed E-state index contributed by atoms with van der Waals surface area (Å²) in [5.74, 6) is 0.000312. The zero-order valence-electron chi connectivity index (χ0n) is 13.7. The molecule has 3 aromatic rings. The number of aromatic amines is 2. The van der Waals surface area contributed by atoms with Crippen LogP contribution < -0.4 is 5.32 Å². The van der Waals surface area contributed by atoms with E-state index in [1.165, 1.54) is 0 Å². The molecule has 1 aliphatic heterocycles. The van der Waals surface area contributed by atoms with Gasteiger partial charge in [0, 0.05) is 0 Å². The van der Waals surface area contributed by atoms with Crippen LogP contribution in [-0.2, 0) is 0 Å². The normalized spacial score (nSPS) is 17.7. The predicted molar refractivity (Wildman–Crippen MR) is 92.0 cm³/mol. The van der Waals surface area contributed by atoms with Crippen molar-refractivity contribution in [2.75, 3.05) is 18.9 Å². The SMILES string of the molecule is CN1CCCC1c1cc(C(=O)Nc2nc3ccc(C#N)cc3[nH]2)n[nH]1. The molecule has 8 nitrogen and oxygen atoms in total. The van der Waals surface area contributed by atoms with Crippen LogP contribution >= 0.6 is 0 Å². The molecule has 0 radical (unpaired) electrons. The summed E-state index contributed by atoms with van der Waals surface area (Å²) in [6, 6.07) is 9.27. The number of aromatic nitrogens is 4. The van der Waals surface area contributed by atoms with Gasteiger partial charge in [-0.2, -0.15) is 10.4 Å². The molecule has 1 unspecified atom stereocenters. The second-order valence-corrected chi connectivity index (χ2v) is 6.23. The standard InChI is InChI=1S/C17H17N7O/c1-24-6-2-3-15(24)13-8-14(23-22-13)16(25)21-17-19-11-5-4-10(9-18)7-12(11)20-17/h4-5,7-8,15H,2-3,6H2,1H3,(H,22,23)(H2,19,20,21,25). The van der Waals surface area contributed by atoms with Gasteiger partial charge >= 0.3 is 0 Å². The smallest absolute Gasteiger partial charge is 0.278 e. The number of benzene rings is 1. The molecule has 4 rings (SSSR count). The maximum absolute atomic E-state index is 12.4. The van der Waals surface area contributed by atoms with Crippen molar-refractivity contribution in [1.82, 2.24) is 25.1 Å². The van der Waals surface area contributed by atoms with Gasteiger partial charge in [0.15, 0.2) is 5.69 Å². The minimum absolute atomic E-state index is 0.282. The quantitative estimate of drug-likeness (QED) is 0.679. The molecule has 1 fully saturated rings. The van der Waals surface area contributed by atoms with Crippen molar-refractivity contribution in [3.05, 3.63) is 41.2 Å². The van der Waals surface area contributed by atoms with Crippen LogP contribution in [0.3, 0.4) is 0 Å². The molecule has 0 spiro atoms. The summed E-state index contributed by atoms with van der Waals surface area (Å²) in [5.41, 5.74) is 3.20. The summed E-state index contributed by atoms with van der Waals surface area (Å²) >= 11 is 0. The van der Waals surface area contributed by atoms with E-state index >= 15 is 0 Å². The number of amides is 1. The lowest BCUT2D eigenvalue weighted by Crippen LogP contribution is -2.17. The summed E-state index contributed by atoms with van der Waals surface area (Å²) in [6.07, 6.45) is 2.20. The molecule has 126 valence electrons. The monoisotopic (exact) mass is 335 g/mol. The van der Waals surface area contributed by atoms with Gasteiger partial charge in [0.1, 0.15) is 0 Å². The van der Waals surface area contributed by atoms with Gasteiger partial charge in [-0.05, 0) is 50.7 Å². The van der Waals surface area contributed by atoms with Crippen LogP contribution in [-0.4, -0.2) is 44.6 Å². The first-order chi connectivity index (χ1) is 12.1. The molecular weight excluding hydrogens is 318 g/mol. The Hall–Kier alpha value is -3.18. The van der Waals surface area contributed by atoms with Crippen molar-refractivity contribution in [2.24, 2.45) is 0 Å². The number of nitrogens with zero attached hydrogens (tertiary/aromatic N) is 4. The maximum atomic E-state index is 12.4. The Kier molecular flexibility index (Phi) is 3.71. The molecule has 25 heavy (non-hydrogen) atoms. The highest BCUT2D eigenvalue weighted by molar-refractivity contribution is 6.02. The average Bonchev–Trinajstić information content (AvgIpc) is 3.32. The fraction of sp³-hybridized carbons (Fsp3) is 0.294. The maximum Gasteiger partial charge on any atom is 0.278 e. The average molecular weight is 335 g/mol. The first-order valence-electron chi connectivity index (χ1n) is 8.11. The van der Waals surface area contributed by atoms with Crippen LogP contribution in [0.25, 0.3) is 11.0 Å². The second kappa shape index (κ2) is 6.03. The number of likely N-dealkylation sites (tertiary alicyclic amines) is 1. The van der Waals surface area contributed by atoms with Crippen molar-refractivity contribution in [2.45, 2.75) is 18.9 Å². The van der Waals surface area contributed by atoms with E-state index < -0.39 is 0 Å². The molecule has 3 heterocycles. The van der Waals surface area contributed by atoms with E-state index in [9.17, 15) is 4.79 Å². The van der Waals surface area contributed by atoms with E-state index in [0.717, 1.165) is 25.1 Å². The Morgan fingerprint density at radius 1 is 1.44 bits per heavy atom. The molecule has 1 aromatic carbocycles. The van der Waals surface area contributed by atoms with Crippen molar-refractivity contribution >= 4 is 22.9 Å². The van der Waals surface area contributed by atoms with Gasteiger partial charge in [0.05, 0.1) is 34.4 Å². The van der Waals surface area contributed by atoms with Crippen LogP contribution in [0.1, 0.15) is 40.6 Å². The summed E-state index contributed by atoms with van der Waals surface area (Å²) in [5, 5.41) is 18.7. The number of H-pyrrole nitrogens is 2. The number of rotatable bonds is 3. The molecule has 3 N–H and O–H groups in total. The minimum atomic E-state index is -0.331. The topological polar surface area (TPSA) is 113 Å². The molecule has 1 amide bonds. The van der Waals surface area contributed by atoms with Crippen LogP contribution in [0.4, 0.5) is 5.95 Å². The van der Waals surface area contributed by atoms with E-state index in [0.29, 0.717) is 28.2 Å². The van der Waals surface area contributed by atoms with Gasteiger partial charge in [0.25, 0.3) is 5.91 Å². The minimum Gasteiger partial charge on any atom is -0.324 e. The van der Waals surface area contributed by atoms with E-state index in [1.807, 2.05) is 0 Å². The Bertz CT molecular complexity index is 980. The Morgan fingerprint density at radius 2 is 2.32 bits per heavy atom. The van der Waals surface area contributed by atoms with Crippen molar-refractivity contribution in [3.63, 3.8) is 0 Å². The lowest BCUT2D eigenvalue weighted by molar-refractivity contribution is 0.102. The molecule has 0 bridgehead atoms. The number of carbonyl (C=O) groups is 1. The molecular formula is C17H17N7O. The molecule has 2 aromatic heterocycles. The van der Waals surface area contributed by atoms with E-state index in [-0.39, 0.29) is 11.9 Å². The van der Waals surface area contributed by atoms with Gasteiger partial charge in [0.2, 0.25) is 5.95 Å². The largest absolute Gasteiger partial charge is 0.324 e. The summed E-state index contributed by atoms with van der Waals surface area (Å²) in [6.45, 7) is 1.05. The number of hydrogen-bond acceptors (Lipinski definition) is 5. The van der Waals surface area contributed by atoms with Gasteiger partial charge < -0.3 is 4.98 Å². The molecule has 0 saturated carbocycles. The molecule has 0 aliphatic carbocycles. The molecule has 1 aliphatic rings. The van der Waals surface area contributed by atoms with E-state index in [4.69, 9.17) is 5.26 Å². The van der Waals surface area contributed by atoms with Crippen molar-refractivity contribution < 1.29 is 4.79 Å². The van der Waals surface area contributed by atoms with Gasteiger partial charge in [-0.1, -0.05) is 0 Å². The highest BCUT2D eigenvalue weighted by Gasteiger charge is 2.25. The Balaban J connectivity index is 1.52. The van der Waals surface area contributed by atoms with Crippen LogP contribution in [0.5, 0.6) is 0 Å². The summed E-state index contributed by atoms with van der Waals surface area (Å²) in [7, 11) is 2.07.